The van der Waals surface area contributed by atoms with Crippen LogP contribution in [0.15, 0.2) is 18.2 Å². The van der Waals surface area contributed by atoms with Crippen molar-refractivity contribution in [1.82, 2.24) is 4.90 Å². The summed E-state index contributed by atoms with van der Waals surface area (Å²) in [5, 5.41) is 0. The Labute approximate surface area is 123 Å². The molecule has 1 unspecified atom stereocenters. The molecule has 1 aromatic carbocycles. The van der Waals surface area contributed by atoms with Gasteiger partial charge in [-0.3, -0.25) is 4.90 Å². The summed E-state index contributed by atoms with van der Waals surface area (Å²) in [4.78, 5) is 5.09. The number of benzene rings is 1. The highest BCUT2D eigenvalue weighted by molar-refractivity contribution is 5.55. The van der Waals surface area contributed by atoms with Crippen LogP contribution < -0.4 is 10.6 Å². The molecule has 1 aromatic rings. The van der Waals surface area contributed by atoms with Crippen LogP contribution in [0.4, 0.5) is 5.69 Å². The van der Waals surface area contributed by atoms with E-state index < -0.39 is 0 Å². The maximum absolute atomic E-state index is 5.88. The van der Waals surface area contributed by atoms with E-state index in [0.29, 0.717) is 0 Å². The highest BCUT2D eigenvalue weighted by atomic mass is 15.3. The van der Waals surface area contributed by atoms with Crippen molar-refractivity contribution in [3.8, 4) is 0 Å². The van der Waals surface area contributed by atoms with Gasteiger partial charge in [0.15, 0.2) is 0 Å². The number of anilines is 1. The van der Waals surface area contributed by atoms with Crippen molar-refractivity contribution in [3.63, 3.8) is 0 Å². The van der Waals surface area contributed by atoms with Crippen molar-refractivity contribution < 1.29 is 0 Å². The first-order chi connectivity index (χ1) is 9.60. The van der Waals surface area contributed by atoms with E-state index in [1.165, 1.54) is 42.9 Å². The third kappa shape index (κ3) is 3.97. The zero-order valence-electron chi connectivity index (χ0n) is 13.2. The minimum atomic E-state index is 0.234. The molecule has 20 heavy (non-hydrogen) atoms. The molecule has 0 radical (unpaired) electrons. The summed E-state index contributed by atoms with van der Waals surface area (Å²) in [6.45, 7) is 12.5. The van der Waals surface area contributed by atoms with Gasteiger partial charge in [-0.05, 0) is 50.4 Å². The summed E-state index contributed by atoms with van der Waals surface area (Å²) >= 11 is 0. The zero-order chi connectivity index (χ0) is 14.5. The van der Waals surface area contributed by atoms with E-state index in [0.717, 1.165) is 19.5 Å². The Bertz CT molecular complexity index is 420. The number of hydrogen-bond donors (Lipinski definition) is 1. The monoisotopic (exact) mass is 275 g/mol. The van der Waals surface area contributed by atoms with Crippen LogP contribution in [0.2, 0.25) is 0 Å². The average molecular weight is 275 g/mol. The topological polar surface area (TPSA) is 32.5 Å². The summed E-state index contributed by atoms with van der Waals surface area (Å²) in [5.74, 6) is 0. The maximum atomic E-state index is 5.88. The van der Waals surface area contributed by atoms with Gasteiger partial charge in [0.05, 0.1) is 0 Å². The maximum Gasteiger partial charge on any atom is 0.0397 e. The number of piperazine rings is 1. The van der Waals surface area contributed by atoms with Crippen LogP contribution in [0.25, 0.3) is 0 Å². The summed E-state index contributed by atoms with van der Waals surface area (Å²) in [7, 11) is 0. The normalized spacial score (nSPS) is 18.3. The standard InChI is InChI=1S/C17H29N3/c1-4-7-19-8-10-20(11-9-19)17-6-5-16(12-14(17)2)13-15(3)18/h5-6,12,15H,4,7-11,13,18H2,1-3H3. The molecule has 1 aliphatic rings. The van der Waals surface area contributed by atoms with Gasteiger partial charge in [0.25, 0.3) is 0 Å². The van der Waals surface area contributed by atoms with Crippen LogP contribution in [-0.2, 0) is 6.42 Å². The Kier molecular flexibility index (Phi) is 5.44. The lowest BCUT2D eigenvalue weighted by molar-refractivity contribution is 0.258. The van der Waals surface area contributed by atoms with Crippen molar-refractivity contribution in [2.24, 2.45) is 5.73 Å². The van der Waals surface area contributed by atoms with Gasteiger partial charge in [-0.25, -0.2) is 0 Å². The third-order valence-corrected chi connectivity index (χ3v) is 4.07. The molecule has 1 atom stereocenters. The Morgan fingerprint density at radius 2 is 1.90 bits per heavy atom. The second-order valence-electron chi connectivity index (χ2n) is 6.13. The lowest BCUT2D eigenvalue weighted by Gasteiger charge is -2.36. The van der Waals surface area contributed by atoms with Crippen molar-refractivity contribution in [1.29, 1.82) is 0 Å². The number of aryl methyl sites for hydroxylation is 1. The lowest BCUT2D eigenvalue weighted by Crippen LogP contribution is -2.46. The summed E-state index contributed by atoms with van der Waals surface area (Å²) in [6.07, 6.45) is 2.22. The van der Waals surface area contributed by atoms with Crippen LogP contribution in [0.5, 0.6) is 0 Å². The molecule has 3 heteroatoms. The second kappa shape index (κ2) is 7.09. The van der Waals surface area contributed by atoms with Crippen LogP contribution in [0.1, 0.15) is 31.4 Å². The largest absolute Gasteiger partial charge is 0.369 e. The minimum Gasteiger partial charge on any atom is -0.369 e. The fourth-order valence-electron chi connectivity index (χ4n) is 3.10. The molecular formula is C17H29N3. The fraction of sp³-hybridized carbons (Fsp3) is 0.647. The molecule has 1 aliphatic heterocycles. The average Bonchev–Trinajstić information content (AvgIpc) is 2.40. The SMILES string of the molecule is CCCN1CCN(c2ccc(CC(C)N)cc2C)CC1. The van der Waals surface area contributed by atoms with Crippen LogP contribution in [-0.4, -0.2) is 43.7 Å². The van der Waals surface area contributed by atoms with E-state index in [1.54, 1.807) is 0 Å². The molecule has 0 aliphatic carbocycles. The fourth-order valence-corrected chi connectivity index (χ4v) is 3.10. The molecule has 0 spiro atoms. The Balaban J connectivity index is 1.99. The van der Waals surface area contributed by atoms with Crippen molar-refractivity contribution >= 4 is 5.69 Å². The van der Waals surface area contributed by atoms with E-state index in [1.807, 2.05) is 0 Å². The third-order valence-electron chi connectivity index (χ3n) is 4.07. The predicted octanol–water partition coefficient (Wildman–Crippen LogP) is 2.42. The molecular weight excluding hydrogens is 246 g/mol. The molecule has 3 nitrogen and oxygen atoms in total. The van der Waals surface area contributed by atoms with Gasteiger partial charge in [-0.15, -0.1) is 0 Å². The lowest BCUT2D eigenvalue weighted by atomic mass is 10.0. The van der Waals surface area contributed by atoms with E-state index in [-0.39, 0.29) is 6.04 Å². The van der Waals surface area contributed by atoms with Gasteiger partial charge in [0.2, 0.25) is 0 Å². The first-order valence-electron chi connectivity index (χ1n) is 7.92. The summed E-state index contributed by atoms with van der Waals surface area (Å²) in [6, 6.07) is 7.06. The highest BCUT2D eigenvalue weighted by Gasteiger charge is 2.17. The Hall–Kier alpha value is -1.06. The molecule has 2 rings (SSSR count). The van der Waals surface area contributed by atoms with Crippen molar-refractivity contribution in [3.05, 3.63) is 29.3 Å². The van der Waals surface area contributed by atoms with Crippen LogP contribution in [0.3, 0.4) is 0 Å². The van der Waals surface area contributed by atoms with Gasteiger partial charge < -0.3 is 10.6 Å². The van der Waals surface area contributed by atoms with Gasteiger partial charge in [-0.2, -0.15) is 0 Å². The smallest absolute Gasteiger partial charge is 0.0397 e. The number of nitrogens with two attached hydrogens (primary N) is 1. The van der Waals surface area contributed by atoms with Crippen molar-refractivity contribution in [2.45, 2.75) is 39.7 Å². The van der Waals surface area contributed by atoms with E-state index in [9.17, 15) is 0 Å². The molecule has 0 amide bonds. The number of rotatable bonds is 5. The van der Waals surface area contributed by atoms with Gasteiger partial charge in [-0.1, -0.05) is 19.1 Å². The minimum absolute atomic E-state index is 0.234. The van der Waals surface area contributed by atoms with Crippen molar-refractivity contribution in [2.75, 3.05) is 37.6 Å². The first-order valence-corrected chi connectivity index (χ1v) is 7.92. The van der Waals surface area contributed by atoms with Gasteiger partial charge in [0.1, 0.15) is 0 Å². The second-order valence-corrected chi connectivity index (χ2v) is 6.13. The van der Waals surface area contributed by atoms with Crippen LogP contribution >= 0.6 is 0 Å². The molecule has 112 valence electrons. The first kappa shape index (κ1) is 15.3. The number of hydrogen-bond acceptors (Lipinski definition) is 3. The quantitative estimate of drug-likeness (QED) is 0.896. The molecule has 1 saturated heterocycles. The van der Waals surface area contributed by atoms with Gasteiger partial charge in [0, 0.05) is 37.9 Å². The van der Waals surface area contributed by atoms with Gasteiger partial charge >= 0.3 is 0 Å². The molecule has 1 heterocycles. The van der Waals surface area contributed by atoms with E-state index in [4.69, 9.17) is 5.73 Å². The molecule has 0 bridgehead atoms. The van der Waals surface area contributed by atoms with E-state index in [2.05, 4.69) is 48.8 Å². The van der Waals surface area contributed by atoms with Crippen LogP contribution in [0, 0.1) is 6.92 Å². The zero-order valence-corrected chi connectivity index (χ0v) is 13.2. The molecule has 1 fully saturated rings. The highest BCUT2D eigenvalue weighted by Crippen LogP contribution is 2.23. The molecule has 0 saturated carbocycles. The number of nitrogens with zero attached hydrogens (tertiary/aromatic N) is 2. The Morgan fingerprint density at radius 1 is 1.20 bits per heavy atom. The van der Waals surface area contributed by atoms with E-state index >= 15 is 0 Å². The molecule has 2 N–H and O–H groups in total. The molecule has 0 aromatic heterocycles. The summed E-state index contributed by atoms with van der Waals surface area (Å²) < 4.78 is 0. The summed E-state index contributed by atoms with van der Waals surface area (Å²) in [5.41, 5.74) is 10.0. The Morgan fingerprint density at radius 3 is 2.45 bits per heavy atom. The predicted molar refractivity (Wildman–Crippen MR) is 87.5 cm³/mol.